The van der Waals surface area contributed by atoms with Crippen LogP contribution in [0.2, 0.25) is 10.0 Å². The molecule has 0 heterocycles. The van der Waals surface area contributed by atoms with Crippen LogP contribution in [0.3, 0.4) is 0 Å². The summed E-state index contributed by atoms with van der Waals surface area (Å²) in [6.07, 6.45) is 0. The number of anilines is 1. The third-order valence-corrected chi connectivity index (χ3v) is 4.47. The predicted molar refractivity (Wildman–Crippen MR) is 108 cm³/mol. The van der Waals surface area contributed by atoms with Gasteiger partial charge in [-0.1, -0.05) is 53.5 Å². The minimum atomic E-state index is -3.01. The highest BCUT2D eigenvalue weighted by Gasteiger charge is 2.16. The van der Waals surface area contributed by atoms with Crippen LogP contribution in [0.5, 0.6) is 11.5 Å². The van der Waals surface area contributed by atoms with Crippen LogP contribution in [0.4, 0.5) is 14.5 Å². The first-order chi connectivity index (χ1) is 13.9. The van der Waals surface area contributed by atoms with Crippen molar-refractivity contribution in [1.82, 2.24) is 0 Å². The molecule has 150 valence electrons. The van der Waals surface area contributed by atoms with Crippen LogP contribution in [-0.4, -0.2) is 12.5 Å². The number of halogens is 4. The molecule has 0 saturated carbocycles. The van der Waals surface area contributed by atoms with Gasteiger partial charge in [-0.25, -0.2) is 0 Å². The van der Waals surface area contributed by atoms with Crippen molar-refractivity contribution in [2.45, 2.75) is 13.2 Å². The first-order valence-corrected chi connectivity index (χ1v) is 9.20. The number of nitrogens with one attached hydrogen (secondary N) is 1. The monoisotopic (exact) mass is 437 g/mol. The van der Waals surface area contributed by atoms with E-state index in [9.17, 15) is 13.6 Å². The second-order valence-corrected chi connectivity index (χ2v) is 6.69. The highest BCUT2D eigenvalue weighted by atomic mass is 35.5. The average Bonchev–Trinajstić information content (AvgIpc) is 2.68. The van der Waals surface area contributed by atoms with Gasteiger partial charge in [-0.3, -0.25) is 4.79 Å². The molecule has 0 aromatic heterocycles. The van der Waals surface area contributed by atoms with E-state index in [0.717, 1.165) is 0 Å². The van der Waals surface area contributed by atoms with Crippen LogP contribution < -0.4 is 14.8 Å². The van der Waals surface area contributed by atoms with Crippen molar-refractivity contribution in [1.29, 1.82) is 0 Å². The number of hydrogen-bond donors (Lipinski definition) is 1. The number of amides is 1. The quantitative estimate of drug-likeness (QED) is 0.463. The normalized spacial score (nSPS) is 10.7. The van der Waals surface area contributed by atoms with Crippen molar-refractivity contribution in [2.75, 3.05) is 5.32 Å². The standard InChI is InChI=1S/C21H15Cl2F2NO3/c22-14-10-9-13(16(23)11-14)12-28-18-7-3-1-5-15(18)20(27)26-17-6-2-4-8-19(17)29-21(24)25/h1-11,21H,12H2,(H,26,27). The van der Waals surface area contributed by atoms with Crippen LogP contribution in [-0.2, 0) is 6.61 Å². The Bertz CT molecular complexity index is 1010. The molecule has 0 aliphatic carbocycles. The second kappa shape index (κ2) is 9.58. The molecule has 0 radical (unpaired) electrons. The lowest BCUT2D eigenvalue weighted by Crippen LogP contribution is -2.15. The minimum Gasteiger partial charge on any atom is -0.488 e. The Balaban J connectivity index is 1.77. The number of ether oxygens (including phenoxy) is 2. The molecule has 0 spiro atoms. The van der Waals surface area contributed by atoms with E-state index in [1.807, 2.05) is 0 Å². The van der Waals surface area contributed by atoms with Gasteiger partial charge in [-0.2, -0.15) is 8.78 Å². The van der Waals surface area contributed by atoms with E-state index < -0.39 is 12.5 Å². The lowest BCUT2D eigenvalue weighted by atomic mass is 10.1. The van der Waals surface area contributed by atoms with E-state index in [-0.39, 0.29) is 23.6 Å². The van der Waals surface area contributed by atoms with E-state index in [1.165, 1.54) is 18.2 Å². The molecule has 3 rings (SSSR count). The van der Waals surface area contributed by atoms with Crippen molar-refractivity contribution < 1.29 is 23.0 Å². The van der Waals surface area contributed by atoms with Gasteiger partial charge in [-0.15, -0.1) is 0 Å². The third-order valence-electron chi connectivity index (χ3n) is 3.88. The molecule has 0 unspecified atom stereocenters. The van der Waals surface area contributed by atoms with Crippen LogP contribution >= 0.6 is 23.2 Å². The number of carbonyl (C=O) groups excluding carboxylic acids is 1. The van der Waals surface area contributed by atoms with E-state index >= 15 is 0 Å². The zero-order valence-corrected chi connectivity index (χ0v) is 16.4. The summed E-state index contributed by atoms with van der Waals surface area (Å²) in [7, 11) is 0. The highest BCUT2D eigenvalue weighted by molar-refractivity contribution is 6.35. The topological polar surface area (TPSA) is 47.6 Å². The number of hydrogen-bond acceptors (Lipinski definition) is 3. The van der Waals surface area contributed by atoms with E-state index in [2.05, 4.69) is 10.1 Å². The first kappa shape index (κ1) is 20.9. The molecule has 3 aromatic rings. The summed E-state index contributed by atoms with van der Waals surface area (Å²) in [6.45, 7) is -2.89. The van der Waals surface area contributed by atoms with E-state index in [4.69, 9.17) is 27.9 Å². The molecule has 0 atom stereocenters. The molecular formula is C21H15Cl2F2NO3. The zero-order valence-electron chi connectivity index (χ0n) is 14.9. The van der Waals surface area contributed by atoms with Crippen molar-refractivity contribution in [2.24, 2.45) is 0 Å². The predicted octanol–water partition coefficient (Wildman–Crippen LogP) is 6.43. The molecule has 0 bridgehead atoms. The summed E-state index contributed by atoms with van der Waals surface area (Å²) in [5, 5.41) is 3.51. The van der Waals surface area contributed by atoms with Crippen LogP contribution in [0.25, 0.3) is 0 Å². The molecule has 4 nitrogen and oxygen atoms in total. The minimum absolute atomic E-state index is 0.116. The van der Waals surface area contributed by atoms with Crippen LogP contribution in [0, 0.1) is 0 Å². The summed E-state index contributed by atoms with van der Waals surface area (Å²) >= 11 is 12.0. The van der Waals surface area contributed by atoms with Gasteiger partial charge in [0.15, 0.2) is 0 Å². The second-order valence-electron chi connectivity index (χ2n) is 5.85. The number of benzene rings is 3. The Labute approximate surface area is 176 Å². The third kappa shape index (κ3) is 5.59. The number of rotatable bonds is 7. The van der Waals surface area contributed by atoms with Gasteiger partial charge < -0.3 is 14.8 Å². The van der Waals surface area contributed by atoms with Gasteiger partial charge in [0.25, 0.3) is 5.91 Å². The SMILES string of the molecule is O=C(Nc1ccccc1OC(F)F)c1ccccc1OCc1ccc(Cl)cc1Cl. The summed E-state index contributed by atoms with van der Waals surface area (Å²) in [4.78, 5) is 12.7. The fourth-order valence-electron chi connectivity index (χ4n) is 2.53. The molecule has 0 fully saturated rings. The lowest BCUT2D eigenvalue weighted by molar-refractivity contribution is -0.0493. The maximum atomic E-state index is 12.7. The zero-order chi connectivity index (χ0) is 20.8. The Morgan fingerprint density at radius 1 is 0.966 bits per heavy atom. The fraction of sp³-hybridized carbons (Fsp3) is 0.0952. The van der Waals surface area contributed by atoms with Gasteiger partial charge in [0, 0.05) is 15.6 Å². The Hall–Kier alpha value is -2.83. The van der Waals surface area contributed by atoms with Crippen molar-refractivity contribution in [3.05, 3.63) is 87.9 Å². The maximum absolute atomic E-state index is 12.7. The Morgan fingerprint density at radius 2 is 1.66 bits per heavy atom. The first-order valence-electron chi connectivity index (χ1n) is 8.45. The summed E-state index contributed by atoms with van der Waals surface area (Å²) in [5.41, 5.74) is 1.04. The smallest absolute Gasteiger partial charge is 0.387 e. The molecule has 3 aromatic carbocycles. The van der Waals surface area contributed by atoms with Crippen LogP contribution in [0.15, 0.2) is 66.7 Å². The van der Waals surface area contributed by atoms with Gasteiger partial charge in [0.05, 0.1) is 11.3 Å². The molecule has 8 heteroatoms. The Kier molecular flexibility index (Phi) is 6.90. The molecule has 1 amide bonds. The van der Waals surface area contributed by atoms with Gasteiger partial charge in [-0.05, 0) is 36.4 Å². The van der Waals surface area contributed by atoms with Gasteiger partial charge in [0.2, 0.25) is 0 Å². The number of para-hydroxylation sites is 3. The average molecular weight is 438 g/mol. The van der Waals surface area contributed by atoms with Crippen molar-refractivity contribution in [3.8, 4) is 11.5 Å². The van der Waals surface area contributed by atoms with Gasteiger partial charge in [0.1, 0.15) is 18.1 Å². The van der Waals surface area contributed by atoms with E-state index in [0.29, 0.717) is 21.4 Å². The van der Waals surface area contributed by atoms with Gasteiger partial charge >= 0.3 is 6.61 Å². The lowest BCUT2D eigenvalue weighted by Gasteiger charge is -2.14. The molecule has 0 aliphatic heterocycles. The molecule has 0 saturated heterocycles. The molecule has 0 aliphatic rings. The number of alkyl halides is 2. The maximum Gasteiger partial charge on any atom is 0.387 e. The van der Waals surface area contributed by atoms with Crippen molar-refractivity contribution >= 4 is 34.8 Å². The molecular weight excluding hydrogens is 423 g/mol. The molecule has 1 N–H and O–H groups in total. The largest absolute Gasteiger partial charge is 0.488 e. The van der Waals surface area contributed by atoms with E-state index in [1.54, 1.807) is 48.5 Å². The Morgan fingerprint density at radius 3 is 2.38 bits per heavy atom. The summed E-state index contributed by atoms with van der Waals surface area (Å²) < 4.78 is 35.3. The fourth-order valence-corrected chi connectivity index (χ4v) is 3.00. The summed E-state index contributed by atoms with van der Waals surface area (Å²) in [6, 6.07) is 17.5. The summed E-state index contributed by atoms with van der Waals surface area (Å²) in [5.74, 6) is -0.362. The molecule has 29 heavy (non-hydrogen) atoms. The number of carbonyl (C=O) groups is 1. The van der Waals surface area contributed by atoms with Crippen molar-refractivity contribution in [3.63, 3.8) is 0 Å². The highest BCUT2D eigenvalue weighted by Crippen LogP contribution is 2.28. The van der Waals surface area contributed by atoms with Crippen LogP contribution in [0.1, 0.15) is 15.9 Å².